The highest BCUT2D eigenvalue weighted by Gasteiger charge is 2.10. The summed E-state index contributed by atoms with van der Waals surface area (Å²) in [7, 11) is 0. The average Bonchev–Trinajstić information content (AvgIpc) is 2.29. The molecule has 0 aliphatic rings. The van der Waals surface area contributed by atoms with Gasteiger partial charge in [-0.2, -0.15) is 0 Å². The number of aliphatic hydroxyl groups excluding tert-OH is 1. The van der Waals surface area contributed by atoms with Gasteiger partial charge in [0, 0.05) is 19.2 Å². The third-order valence-corrected chi connectivity index (χ3v) is 3.06. The van der Waals surface area contributed by atoms with E-state index in [-0.39, 0.29) is 23.6 Å². The second kappa shape index (κ2) is 6.18. The number of halogens is 2. The first kappa shape index (κ1) is 13.4. The highest BCUT2D eigenvalue weighted by Crippen LogP contribution is 2.15. The number of nitrogens with one attached hydrogen (secondary N) is 1. The minimum Gasteiger partial charge on any atom is -0.396 e. The van der Waals surface area contributed by atoms with Gasteiger partial charge < -0.3 is 10.4 Å². The van der Waals surface area contributed by atoms with Gasteiger partial charge in [0.25, 0.3) is 0 Å². The van der Waals surface area contributed by atoms with E-state index < -0.39 is 5.82 Å². The zero-order chi connectivity index (χ0) is 12.1. The van der Waals surface area contributed by atoms with E-state index in [4.69, 9.17) is 16.7 Å². The van der Waals surface area contributed by atoms with Gasteiger partial charge in [-0.15, -0.1) is 0 Å². The number of hydrogen-bond acceptors (Lipinski definition) is 2. The molecule has 0 radical (unpaired) electrons. The van der Waals surface area contributed by atoms with Crippen LogP contribution in [0.1, 0.15) is 19.4 Å². The first-order valence-corrected chi connectivity index (χ1v) is 5.70. The topological polar surface area (TPSA) is 32.3 Å². The fraction of sp³-hybridized carbons (Fsp3) is 0.500. The van der Waals surface area contributed by atoms with Crippen LogP contribution in [-0.4, -0.2) is 17.8 Å². The maximum atomic E-state index is 13.1. The van der Waals surface area contributed by atoms with Gasteiger partial charge in [-0.3, -0.25) is 0 Å². The fourth-order valence-electron chi connectivity index (χ4n) is 1.29. The predicted molar refractivity (Wildman–Crippen MR) is 64.0 cm³/mol. The SMILES string of the molecule is CC(CO)C(C)NCc1ccc(Cl)c(F)c1. The second-order valence-electron chi connectivity index (χ2n) is 4.08. The van der Waals surface area contributed by atoms with E-state index in [0.29, 0.717) is 6.54 Å². The van der Waals surface area contributed by atoms with E-state index in [2.05, 4.69) is 5.32 Å². The molecule has 2 atom stereocenters. The summed E-state index contributed by atoms with van der Waals surface area (Å²) in [5.41, 5.74) is 0.846. The standard InChI is InChI=1S/C12H17ClFNO/c1-8(7-16)9(2)15-6-10-3-4-11(13)12(14)5-10/h3-5,8-9,15-16H,6-7H2,1-2H3. The molecule has 16 heavy (non-hydrogen) atoms. The summed E-state index contributed by atoms with van der Waals surface area (Å²) in [6, 6.07) is 4.94. The molecule has 1 rings (SSSR count). The van der Waals surface area contributed by atoms with E-state index in [1.54, 1.807) is 12.1 Å². The number of aliphatic hydroxyl groups is 1. The summed E-state index contributed by atoms with van der Waals surface area (Å²) in [5, 5.41) is 12.3. The minimum atomic E-state index is -0.399. The molecule has 2 N–H and O–H groups in total. The molecule has 0 bridgehead atoms. The van der Waals surface area contributed by atoms with Crippen molar-refractivity contribution >= 4 is 11.6 Å². The lowest BCUT2D eigenvalue weighted by molar-refractivity contribution is 0.207. The van der Waals surface area contributed by atoms with E-state index in [1.165, 1.54) is 6.07 Å². The Morgan fingerprint density at radius 3 is 2.69 bits per heavy atom. The molecule has 0 fully saturated rings. The van der Waals surface area contributed by atoms with Crippen LogP contribution < -0.4 is 5.32 Å². The molecule has 0 aliphatic heterocycles. The molecule has 1 aromatic rings. The van der Waals surface area contributed by atoms with Crippen LogP contribution in [0.3, 0.4) is 0 Å². The number of hydrogen-bond donors (Lipinski definition) is 2. The zero-order valence-electron chi connectivity index (χ0n) is 9.50. The highest BCUT2D eigenvalue weighted by molar-refractivity contribution is 6.30. The van der Waals surface area contributed by atoms with Crippen molar-refractivity contribution in [2.24, 2.45) is 5.92 Å². The monoisotopic (exact) mass is 245 g/mol. The summed E-state index contributed by atoms with van der Waals surface area (Å²) in [4.78, 5) is 0. The molecule has 0 amide bonds. The Kier molecular flexibility index (Phi) is 5.19. The summed E-state index contributed by atoms with van der Waals surface area (Å²) < 4.78 is 13.1. The van der Waals surface area contributed by atoms with Gasteiger partial charge in [0.15, 0.2) is 0 Å². The van der Waals surface area contributed by atoms with E-state index in [0.717, 1.165) is 5.56 Å². The van der Waals surface area contributed by atoms with Gasteiger partial charge in [-0.25, -0.2) is 4.39 Å². The van der Waals surface area contributed by atoms with E-state index in [1.807, 2.05) is 13.8 Å². The van der Waals surface area contributed by atoms with Gasteiger partial charge in [0.1, 0.15) is 5.82 Å². The molecule has 0 aliphatic carbocycles. The van der Waals surface area contributed by atoms with Crippen LogP contribution in [0, 0.1) is 11.7 Å². The van der Waals surface area contributed by atoms with Gasteiger partial charge in [-0.1, -0.05) is 24.6 Å². The van der Waals surface area contributed by atoms with Crippen molar-refractivity contribution < 1.29 is 9.50 Å². The molecule has 90 valence electrons. The summed E-state index contributed by atoms with van der Waals surface area (Å²) in [6.45, 7) is 4.66. The molecule has 4 heteroatoms. The Balaban J connectivity index is 2.51. The molecular formula is C12H17ClFNO. The predicted octanol–water partition coefficient (Wildman–Crippen LogP) is 2.59. The Hall–Kier alpha value is -0.640. The summed E-state index contributed by atoms with van der Waals surface area (Å²) in [5.74, 6) is -0.221. The second-order valence-corrected chi connectivity index (χ2v) is 4.49. The molecule has 1 aromatic carbocycles. The molecule has 0 saturated carbocycles. The van der Waals surface area contributed by atoms with Crippen LogP contribution in [0.15, 0.2) is 18.2 Å². The van der Waals surface area contributed by atoms with Crippen molar-refractivity contribution in [1.29, 1.82) is 0 Å². The van der Waals surface area contributed by atoms with E-state index in [9.17, 15) is 4.39 Å². The van der Waals surface area contributed by atoms with Gasteiger partial charge >= 0.3 is 0 Å². The van der Waals surface area contributed by atoms with Crippen LogP contribution in [-0.2, 0) is 6.54 Å². The lowest BCUT2D eigenvalue weighted by atomic mass is 10.0. The fourth-order valence-corrected chi connectivity index (χ4v) is 1.41. The van der Waals surface area contributed by atoms with Gasteiger partial charge in [0.2, 0.25) is 0 Å². The minimum absolute atomic E-state index is 0.139. The highest BCUT2D eigenvalue weighted by atomic mass is 35.5. The number of rotatable bonds is 5. The first-order chi connectivity index (χ1) is 7.54. The van der Waals surface area contributed by atoms with Crippen molar-refractivity contribution in [3.05, 3.63) is 34.6 Å². The average molecular weight is 246 g/mol. The molecule has 0 heterocycles. The van der Waals surface area contributed by atoms with Crippen LogP contribution in [0.25, 0.3) is 0 Å². The Bertz CT molecular complexity index is 346. The Morgan fingerprint density at radius 2 is 2.12 bits per heavy atom. The molecular weight excluding hydrogens is 229 g/mol. The lowest BCUT2D eigenvalue weighted by Crippen LogP contribution is -2.33. The van der Waals surface area contributed by atoms with Crippen LogP contribution >= 0.6 is 11.6 Å². The maximum absolute atomic E-state index is 13.1. The molecule has 0 spiro atoms. The molecule has 0 saturated heterocycles. The molecule has 2 nitrogen and oxygen atoms in total. The smallest absolute Gasteiger partial charge is 0.142 e. The Labute approximate surface area is 100 Å². The van der Waals surface area contributed by atoms with Crippen molar-refractivity contribution in [3.8, 4) is 0 Å². The van der Waals surface area contributed by atoms with Crippen LogP contribution in [0.4, 0.5) is 4.39 Å². The van der Waals surface area contributed by atoms with Crippen molar-refractivity contribution in [2.75, 3.05) is 6.61 Å². The maximum Gasteiger partial charge on any atom is 0.142 e. The third-order valence-electron chi connectivity index (χ3n) is 2.75. The third kappa shape index (κ3) is 3.74. The lowest BCUT2D eigenvalue weighted by Gasteiger charge is -2.19. The van der Waals surface area contributed by atoms with E-state index >= 15 is 0 Å². The quantitative estimate of drug-likeness (QED) is 0.836. The molecule has 0 aromatic heterocycles. The van der Waals surface area contributed by atoms with Crippen molar-refractivity contribution in [1.82, 2.24) is 5.32 Å². The van der Waals surface area contributed by atoms with Crippen LogP contribution in [0.2, 0.25) is 5.02 Å². The van der Waals surface area contributed by atoms with Crippen molar-refractivity contribution in [2.45, 2.75) is 26.4 Å². The zero-order valence-corrected chi connectivity index (χ0v) is 10.3. The Morgan fingerprint density at radius 1 is 1.44 bits per heavy atom. The van der Waals surface area contributed by atoms with Gasteiger partial charge in [0.05, 0.1) is 5.02 Å². The first-order valence-electron chi connectivity index (χ1n) is 5.32. The largest absolute Gasteiger partial charge is 0.396 e. The van der Waals surface area contributed by atoms with Gasteiger partial charge in [-0.05, 0) is 30.5 Å². The summed E-state index contributed by atoms with van der Waals surface area (Å²) in [6.07, 6.45) is 0. The summed E-state index contributed by atoms with van der Waals surface area (Å²) >= 11 is 5.59. The van der Waals surface area contributed by atoms with Crippen LogP contribution in [0.5, 0.6) is 0 Å². The molecule has 2 unspecified atom stereocenters. The number of benzene rings is 1. The van der Waals surface area contributed by atoms with Crippen molar-refractivity contribution in [3.63, 3.8) is 0 Å². The normalized spacial score (nSPS) is 14.8.